The fraction of sp³-hybridized carbons (Fsp3) is 0. The first-order valence-electron chi connectivity index (χ1n) is 0. The minimum absolute atomic E-state index is 0. The van der Waals surface area contributed by atoms with Crippen molar-refractivity contribution in [3.63, 3.8) is 0 Å². The molecule has 2 radical (unpaired) electrons. The van der Waals surface area contributed by atoms with Gasteiger partial charge in [0.25, 0.3) is 0 Å². The molecule has 24 valence electrons. The summed E-state index contributed by atoms with van der Waals surface area (Å²) in [5.74, 6) is 0. The van der Waals surface area contributed by atoms with Crippen molar-refractivity contribution in [2.45, 2.75) is 0 Å². The largest absolute Gasteiger partial charge is 2.00 e. The van der Waals surface area contributed by atoms with Crippen LogP contribution in [0.1, 0.15) is 5.71 Å². The first-order chi connectivity index (χ1) is 0. The number of rotatable bonds is 0. The number of hydrogen-bond donors (Lipinski definition) is 0. The van der Waals surface area contributed by atoms with Crippen molar-refractivity contribution in [1.82, 2.24) is 0 Å². The summed E-state index contributed by atoms with van der Waals surface area (Å²) in [7, 11) is 0. The summed E-state index contributed by atoms with van der Waals surface area (Å²) in [5.41, 5.74) is 0. The molecule has 0 nitrogen and oxygen atoms in total. The Balaban J connectivity index is 0. The Labute approximate surface area is 104 Å². The minimum atomic E-state index is 0. The third kappa shape index (κ3) is 9.00. The molecule has 0 fully saturated rings. The van der Waals surface area contributed by atoms with E-state index in [4.69, 9.17) is 0 Å². The van der Waals surface area contributed by atoms with Gasteiger partial charge in [-0.05, 0) is 0 Å². The van der Waals surface area contributed by atoms with E-state index in [2.05, 4.69) is 0 Å². The molecule has 0 spiro atoms. The Kier molecular flexibility index (Phi) is 108. The van der Waals surface area contributed by atoms with E-state index in [0.29, 0.717) is 0 Å². The second-order valence-electron chi connectivity index (χ2n) is 0. The molecule has 0 saturated carbocycles. The quantitative estimate of drug-likeness (QED) is 0.491. The van der Waals surface area contributed by atoms with Crippen LogP contribution in [-0.2, 0) is 22.4 Å². The molecule has 0 unspecified atom stereocenters. The van der Waals surface area contributed by atoms with E-state index < -0.39 is 0 Å². The summed E-state index contributed by atoms with van der Waals surface area (Å²) in [6, 6.07) is 0. The third-order valence-corrected chi connectivity index (χ3v) is 0. The van der Waals surface area contributed by atoms with Crippen LogP contribution in [0.4, 0.5) is 0 Å². The van der Waals surface area contributed by atoms with Gasteiger partial charge < -0.3 is 5.71 Å². The van der Waals surface area contributed by atoms with E-state index >= 15 is 0 Å². The van der Waals surface area contributed by atoms with Gasteiger partial charge in [0.15, 0.2) is 0 Å². The first kappa shape index (κ1) is 26.6. The maximum Gasteiger partial charge on any atom is 2.00 e. The molecule has 0 aromatic rings. The van der Waals surface area contributed by atoms with Crippen LogP contribution >= 0.6 is 0 Å². The van der Waals surface area contributed by atoms with Gasteiger partial charge in [-0.15, -0.1) is 0 Å². The van der Waals surface area contributed by atoms with Crippen LogP contribution in [0, 0.1) is 0 Å². The standard InChI is InChI=1S/Al.Au.Ca.Mg.6H/q;;2*+2;;;4*-1. The van der Waals surface area contributed by atoms with E-state index in [1.807, 2.05) is 0 Å². The molecule has 0 aliphatic carbocycles. The summed E-state index contributed by atoms with van der Waals surface area (Å²) < 4.78 is 0. The molecule has 0 amide bonds. The summed E-state index contributed by atoms with van der Waals surface area (Å²) in [6.07, 6.45) is 0. The number of hydrogen-bond acceptors (Lipinski definition) is 0. The predicted octanol–water partition coefficient (Wildman–Crippen LogP) is -1.23. The fourth-order valence-electron chi connectivity index (χ4n) is 0. The van der Waals surface area contributed by atoms with Crippen LogP contribution in [0.25, 0.3) is 0 Å². The molecular weight excluding hydrogens is 288 g/mol. The zero-order chi connectivity index (χ0) is 0. The molecule has 0 aliphatic heterocycles. The van der Waals surface area contributed by atoms with Crippen molar-refractivity contribution in [2.75, 3.05) is 0 Å². The Morgan fingerprint density at radius 2 is 1.25 bits per heavy atom. The van der Waals surface area contributed by atoms with Crippen molar-refractivity contribution < 1.29 is 28.1 Å². The molecule has 0 atom stereocenters. The van der Waals surface area contributed by atoms with Crippen molar-refractivity contribution in [3.05, 3.63) is 0 Å². The Bertz CT molecular complexity index is 16.0. The maximum absolute atomic E-state index is 0. The van der Waals surface area contributed by atoms with Gasteiger partial charge in [-0.1, -0.05) is 0 Å². The predicted molar refractivity (Wildman–Crippen MR) is 24.5 cm³/mol. The molecular formula is H6AlAuCaMg. The van der Waals surface area contributed by atoms with Crippen LogP contribution in [0.3, 0.4) is 0 Å². The normalized spacial score (nSPS) is 0. The van der Waals surface area contributed by atoms with E-state index in [0.717, 1.165) is 0 Å². The van der Waals surface area contributed by atoms with Gasteiger partial charge >= 0.3 is 60.8 Å². The van der Waals surface area contributed by atoms with E-state index in [1.54, 1.807) is 0 Å². The Hall–Kier alpha value is 3.30. The fourth-order valence-corrected chi connectivity index (χ4v) is 0. The molecule has 0 bridgehead atoms. The molecule has 4 heavy (non-hydrogen) atoms. The van der Waals surface area contributed by atoms with Crippen LogP contribution in [0.2, 0.25) is 0 Å². The second-order valence-corrected chi connectivity index (χ2v) is 0. The monoisotopic (exact) mass is 294 g/mol. The van der Waals surface area contributed by atoms with E-state index in [9.17, 15) is 0 Å². The van der Waals surface area contributed by atoms with E-state index in [1.165, 1.54) is 0 Å². The van der Waals surface area contributed by atoms with Crippen molar-refractivity contribution >= 4 is 78.2 Å². The second kappa shape index (κ2) is 16.3. The van der Waals surface area contributed by atoms with Crippen LogP contribution < -0.4 is 0 Å². The van der Waals surface area contributed by atoms with Crippen molar-refractivity contribution in [1.29, 1.82) is 0 Å². The van der Waals surface area contributed by atoms with Crippen molar-refractivity contribution in [3.8, 4) is 0 Å². The molecule has 0 aliphatic rings. The van der Waals surface area contributed by atoms with Gasteiger partial charge in [-0.3, -0.25) is 0 Å². The van der Waals surface area contributed by atoms with Crippen LogP contribution in [-0.4, -0.2) is 78.2 Å². The molecule has 0 heterocycles. The minimum Gasteiger partial charge on any atom is -1.00 e. The van der Waals surface area contributed by atoms with Gasteiger partial charge in [-0.2, -0.15) is 0 Å². The average Bonchev–Trinajstić information content (AvgIpc) is 0. The summed E-state index contributed by atoms with van der Waals surface area (Å²) in [5, 5.41) is 0. The molecule has 0 aromatic heterocycles. The molecule has 0 rings (SSSR count). The Morgan fingerprint density at radius 3 is 1.25 bits per heavy atom. The third-order valence-electron chi connectivity index (χ3n) is 0. The molecule has 0 N–H and O–H groups in total. The molecule has 4 heteroatoms. The zero-order valence-corrected chi connectivity index (χ0v) is 10.5. The van der Waals surface area contributed by atoms with Crippen LogP contribution in [0.5, 0.6) is 0 Å². The first-order valence-corrected chi connectivity index (χ1v) is 0. The zero-order valence-electron chi connectivity index (χ0n) is 6.72. The van der Waals surface area contributed by atoms with Crippen molar-refractivity contribution in [2.24, 2.45) is 0 Å². The topological polar surface area (TPSA) is 0 Å². The summed E-state index contributed by atoms with van der Waals surface area (Å²) in [6.45, 7) is 0. The Morgan fingerprint density at radius 1 is 1.25 bits per heavy atom. The smallest absolute Gasteiger partial charge is 1.00 e. The molecule has 0 aromatic carbocycles. The van der Waals surface area contributed by atoms with Gasteiger partial charge in [0, 0.05) is 22.4 Å². The van der Waals surface area contributed by atoms with Gasteiger partial charge in [0.05, 0.1) is 0 Å². The molecule has 0 saturated heterocycles. The maximum atomic E-state index is 0. The van der Waals surface area contributed by atoms with Crippen LogP contribution in [0.15, 0.2) is 0 Å². The van der Waals surface area contributed by atoms with Gasteiger partial charge in [0.2, 0.25) is 0 Å². The summed E-state index contributed by atoms with van der Waals surface area (Å²) in [4.78, 5) is 0. The SMILES string of the molecule is [AlH2].[Au].[Ca+2].[H-].[H-].[H-].[H-].[Mg+2]. The van der Waals surface area contributed by atoms with Gasteiger partial charge in [0.1, 0.15) is 17.4 Å². The van der Waals surface area contributed by atoms with Gasteiger partial charge in [-0.25, -0.2) is 0 Å². The summed E-state index contributed by atoms with van der Waals surface area (Å²) >= 11 is 0. The average molecular weight is 294 g/mol. The van der Waals surface area contributed by atoms with E-state index in [-0.39, 0.29) is 106 Å².